The molecule has 25 heavy (non-hydrogen) atoms. The first-order valence-corrected chi connectivity index (χ1v) is 9.54. The molecule has 0 bridgehead atoms. The van der Waals surface area contributed by atoms with E-state index in [9.17, 15) is 0 Å². The molecular formula is C21H24N2OS. The van der Waals surface area contributed by atoms with E-state index in [1.54, 1.807) is 11.3 Å². The number of aromatic nitrogens is 1. The number of benzene rings is 2. The van der Waals surface area contributed by atoms with Gasteiger partial charge in [-0.1, -0.05) is 12.1 Å². The van der Waals surface area contributed by atoms with E-state index in [0.717, 1.165) is 22.8 Å². The monoisotopic (exact) mass is 352 g/mol. The molecule has 0 saturated heterocycles. The molecule has 0 radical (unpaired) electrons. The summed E-state index contributed by atoms with van der Waals surface area (Å²) in [4.78, 5) is 5.84. The Labute approximate surface area is 153 Å². The van der Waals surface area contributed by atoms with Crippen molar-refractivity contribution in [3.63, 3.8) is 0 Å². The van der Waals surface area contributed by atoms with Gasteiger partial charge in [-0.15, -0.1) is 11.3 Å². The normalized spacial score (nSPS) is 11.8. The lowest BCUT2D eigenvalue weighted by atomic mass is 10.0. The second-order valence-corrected chi connectivity index (χ2v) is 6.82. The van der Waals surface area contributed by atoms with E-state index in [0.29, 0.717) is 6.61 Å². The molecule has 3 aromatic rings. The van der Waals surface area contributed by atoms with E-state index in [4.69, 9.17) is 9.73 Å². The topological polar surface area (TPSA) is 26.5 Å². The summed E-state index contributed by atoms with van der Waals surface area (Å²) in [6.07, 6.45) is 0. The van der Waals surface area contributed by atoms with Crippen LogP contribution in [0.1, 0.15) is 25.0 Å². The molecule has 4 heteroatoms. The molecule has 130 valence electrons. The lowest BCUT2D eigenvalue weighted by Gasteiger charge is -2.08. The fourth-order valence-electron chi connectivity index (χ4n) is 2.75. The Morgan fingerprint density at radius 2 is 1.76 bits per heavy atom. The largest absolute Gasteiger partial charge is 0.494 e. The highest BCUT2D eigenvalue weighted by Gasteiger charge is 2.08. The standard InChI is InChI=1S/C21H24N2OS/c1-5-23-20(17-8-7-15(3)16(4)13-17)14-25-21(23)22-18-9-11-19(12-10-18)24-6-2/h7-14H,5-6H2,1-4H3. The molecule has 0 aliphatic rings. The van der Waals surface area contributed by atoms with Crippen molar-refractivity contribution in [2.45, 2.75) is 34.2 Å². The average molecular weight is 353 g/mol. The zero-order valence-electron chi connectivity index (χ0n) is 15.2. The predicted octanol–water partition coefficient (Wildman–Crippen LogP) is 5.48. The summed E-state index contributed by atoms with van der Waals surface area (Å²) in [6, 6.07) is 14.6. The Kier molecular flexibility index (Phi) is 5.39. The Balaban J connectivity index is 2.00. The zero-order valence-corrected chi connectivity index (χ0v) is 16.1. The quantitative estimate of drug-likeness (QED) is 0.597. The van der Waals surface area contributed by atoms with Crippen LogP contribution >= 0.6 is 11.3 Å². The highest BCUT2D eigenvalue weighted by Crippen LogP contribution is 2.24. The molecule has 0 fully saturated rings. The van der Waals surface area contributed by atoms with Crippen LogP contribution in [-0.2, 0) is 6.54 Å². The fraction of sp³-hybridized carbons (Fsp3) is 0.286. The van der Waals surface area contributed by atoms with Gasteiger partial charge < -0.3 is 9.30 Å². The minimum Gasteiger partial charge on any atom is -0.494 e. The van der Waals surface area contributed by atoms with Crippen molar-refractivity contribution < 1.29 is 4.74 Å². The second-order valence-electron chi connectivity index (χ2n) is 5.99. The average Bonchev–Trinajstić information content (AvgIpc) is 3.02. The first-order valence-electron chi connectivity index (χ1n) is 8.66. The van der Waals surface area contributed by atoms with Gasteiger partial charge in [-0.05, 0) is 74.7 Å². The molecule has 0 atom stereocenters. The number of rotatable bonds is 5. The zero-order chi connectivity index (χ0) is 17.8. The van der Waals surface area contributed by atoms with Crippen molar-refractivity contribution in [1.82, 2.24) is 4.57 Å². The van der Waals surface area contributed by atoms with E-state index >= 15 is 0 Å². The smallest absolute Gasteiger partial charge is 0.190 e. The molecule has 0 spiro atoms. The summed E-state index contributed by atoms with van der Waals surface area (Å²) in [6.45, 7) is 10.0. The van der Waals surface area contributed by atoms with Gasteiger partial charge in [-0.2, -0.15) is 0 Å². The van der Waals surface area contributed by atoms with Crippen LogP contribution in [0.2, 0.25) is 0 Å². The van der Waals surface area contributed by atoms with Gasteiger partial charge in [-0.25, -0.2) is 4.99 Å². The lowest BCUT2D eigenvalue weighted by Crippen LogP contribution is -2.14. The SMILES string of the molecule is CCOc1ccc(N=c2scc(-c3ccc(C)c(C)c3)n2CC)cc1. The minimum absolute atomic E-state index is 0.677. The van der Waals surface area contributed by atoms with Crippen molar-refractivity contribution in [3.05, 3.63) is 63.8 Å². The Morgan fingerprint density at radius 1 is 1.00 bits per heavy atom. The number of hydrogen-bond acceptors (Lipinski definition) is 3. The third-order valence-electron chi connectivity index (χ3n) is 4.29. The maximum Gasteiger partial charge on any atom is 0.190 e. The Hall–Kier alpha value is -2.33. The number of hydrogen-bond donors (Lipinski definition) is 0. The van der Waals surface area contributed by atoms with Crippen LogP contribution in [0.15, 0.2) is 52.8 Å². The highest BCUT2D eigenvalue weighted by atomic mass is 32.1. The van der Waals surface area contributed by atoms with Crippen molar-refractivity contribution in [1.29, 1.82) is 0 Å². The molecule has 0 unspecified atom stereocenters. The Bertz CT molecular complexity index is 920. The number of ether oxygens (including phenoxy) is 1. The van der Waals surface area contributed by atoms with Crippen LogP contribution in [0.4, 0.5) is 5.69 Å². The van der Waals surface area contributed by atoms with Crippen molar-refractivity contribution in [2.24, 2.45) is 4.99 Å². The van der Waals surface area contributed by atoms with Gasteiger partial charge in [0.1, 0.15) is 5.75 Å². The summed E-state index contributed by atoms with van der Waals surface area (Å²) in [5.41, 5.74) is 6.05. The third kappa shape index (κ3) is 3.85. The predicted molar refractivity (Wildman–Crippen MR) is 106 cm³/mol. The van der Waals surface area contributed by atoms with E-state index in [1.807, 2.05) is 31.2 Å². The minimum atomic E-state index is 0.677. The van der Waals surface area contributed by atoms with Crippen LogP contribution in [0, 0.1) is 13.8 Å². The molecule has 2 aromatic carbocycles. The fourth-order valence-corrected chi connectivity index (χ4v) is 3.74. The molecule has 0 amide bonds. The third-order valence-corrected chi connectivity index (χ3v) is 5.15. The molecule has 1 aromatic heterocycles. The van der Waals surface area contributed by atoms with Crippen LogP contribution in [0.3, 0.4) is 0 Å². The molecule has 0 aliphatic carbocycles. The van der Waals surface area contributed by atoms with E-state index in [1.165, 1.54) is 22.4 Å². The van der Waals surface area contributed by atoms with Gasteiger partial charge >= 0.3 is 0 Å². The highest BCUT2D eigenvalue weighted by molar-refractivity contribution is 7.07. The van der Waals surface area contributed by atoms with Gasteiger partial charge in [0, 0.05) is 11.9 Å². The molecule has 3 nitrogen and oxygen atoms in total. The maximum atomic E-state index is 5.49. The summed E-state index contributed by atoms with van der Waals surface area (Å²) in [5, 5.41) is 2.20. The molecule has 3 rings (SSSR count). The summed E-state index contributed by atoms with van der Waals surface area (Å²) < 4.78 is 7.76. The van der Waals surface area contributed by atoms with E-state index in [-0.39, 0.29) is 0 Å². The maximum absolute atomic E-state index is 5.49. The Morgan fingerprint density at radius 3 is 2.40 bits per heavy atom. The number of aryl methyl sites for hydroxylation is 2. The first-order chi connectivity index (χ1) is 12.1. The van der Waals surface area contributed by atoms with Crippen LogP contribution in [0.5, 0.6) is 5.75 Å². The lowest BCUT2D eigenvalue weighted by molar-refractivity contribution is 0.340. The molecule has 0 aliphatic heterocycles. The van der Waals surface area contributed by atoms with Gasteiger partial charge in [-0.3, -0.25) is 0 Å². The first kappa shape index (κ1) is 17.5. The summed E-state index contributed by atoms with van der Waals surface area (Å²) >= 11 is 1.68. The van der Waals surface area contributed by atoms with Crippen molar-refractivity contribution in [3.8, 4) is 17.0 Å². The van der Waals surface area contributed by atoms with Gasteiger partial charge in [0.15, 0.2) is 4.80 Å². The molecule has 0 N–H and O–H groups in total. The van der Waals surface area contributed by atoms with Gasteiger partial charge in [0.05, 0.1) is 18.0 Å². The van der Waals surface area contributed by atoms with Crippen molar-refractivity contribution >= 4 is 17.0 Å². The molecular weight excluding hydrogens is 328 g/mol. The number of nitrogens with zero attached hydrogens (tertiary/aromatic N) is 2. The summed E-state index contributed by atoms with van der Waals surface area (Å²) in [7, 11) is 0. The van der Waals surface area contributed by atoms with Gasteiger partial charge in [0.25, 0.3) is 0 Å². The van der Waals surface area contributed by atoms with Gasteiger partial charge in [0.2, 0.25) is 0 Å². The second kappa shape index (κ2) is 7.70. The van der Waals surface area contributed by atoms with Crippen LogP contribution in [0.25, 0.3) is 11.3 Å². The molecule has 0 saturated carbocycles. The van der Waals surface area contributed by atoms with Crippen LogP contribution < -0.4 is 9.54 Å². The van der Waals surface area contributed by atoms with E-state index in [2.05, 4.69) is 48.9 Å². The van der Waals surface area contributed by atoms with Crippen LogP contribution in [-0.4, -0.2) is 11.2 Å². The molecule has 1 heterocycles. The van der Waals surface area contributed by atoms with Crippen molar-refractivity contribution in [2.75, 3.05) is 6.61 Å². The number of thiazole rings is 1. The summed E-state index contributed by atoms with van der Waals surface area (Å²) in [5.74, 6) is 0.881. The van der Waals surface area contributed by atoms with E-state index < -0.39 is 0 Å².